The summed E-state index contributed by atoms with van der Waals surface area (Å²) in [5, 5.41) is 5.13. The first-order chi connectivity index (χ1) is 20.7. The summed E-state index contributed by atoms with van der Waals surface area (Å²) in [6, 6.07) is 13.7. The van der Waals surface area contributed by atoms with Crippen molar-refractivity contribution in [1.82, 2.24) is 14.8 Å². The van der Waals surface area contributed by atoms with Crippen LogP contribution in [-0.4, -0.2) is 64.4 Å². The topological polar surface area (TPSA) is 68.8 Å². The van der Waals surface area contributed by atoms with Gasteiger partial charge in [0.15, 0.2) is 5.13 Å². The van der Waals surface area contributed by atoms with E-state index in [1.54, 1.807) is 46.9 Å². The predicted octanol–water partition coefficient (Wildman–Crippen LogP) is 6.55. The molecule has 2 aliphatic heterocycles. The number of anilines is 2. The molecule has 0 spiro atoms. The van der Waals surface area contributed by atoms with Crippen LogP contribution in [0.25, 0.3) is 11.1 Å². The lowest BCUT2D eigenvalue weighted by atomic mass is 10.00. The van der Waals surface area contributed by atoms with E-state index in [1.807, 2.05) is 12.1 Å². The second-order valence-corrected chi connectivity index (χ2v) is 12.6. The molecule has 0 aliphatic carbocycles. The molecule has 1 fully saturated rings. The molecule has 1 N–H and O–H groups in total. The molecule has 5 rings (SSSR count). The Kier molecular flexibility index (Phi) is 9.08. The third-order valence-corrected chi connectivity index (χ3v) is 8.73. The number of hydrogen-bond donors (Lipinski definition) is 1. The highest BCUT2D eigenvalue weighted by molar-refractivity contribution is 7.13. The van der Waals surface area contributed by atoms with E-state index in [2.05, 4.69) is 84.4 Å². The van der Waals surface area contributed by atoms with Crippen LogP contribution in [-0.2, 0) is 11.3 Å². The molecule has 43 heavy (non-hydrogen) atoms. The van der Waals surface area contributed by atoms with Gasteiger partial charge in [0.25, 0.3) is 11.8 Å². The number of nitrogens with one attached hydrogen (secondary N) is 1. The van der Waals surface area contributed by atoms with Gasteiger partial charge in [0, 0.05) is 61.1 Å². The average molecular weight is 594 g/mol. The normalized spacial score (nSPS) is 16.8. The van der Waals surface area contributed by atoms with Crippen molar-refractivity contribution in [2.45, 2.75) is 38.9 Å². The highest BCUT2D eigenvalue weighted by Gasteiger charge is 2.38. The fourth-order valence-corrected chi connectivity index (χ4v) is 6.19. The van der Waals surface area contributed by atoms with E-state index < -0.39 is 6.04 Å². The van der Waals surface area contributed by atoms with Crippen LogP contribution in [0.2, 0.25) is 0 Å². The number of thiazole rings is 1. The molecule has 7 nitrogen and oxygen atoms in total. The van der Waals surface area contributed by atoms with Crippen molar-refractivity contribution in [2.24, 2.45) is 0 Å². The standard InChI is InChI=1S/C35H39N5O2S/c1-6-8-9-10-25(7-2)31(32(41)37-34-36-17-22-43-34)40-24-28-12-11-27(23-30(28)33(40)42)26-13-15-29(16-14-26)38-18-20-39(21-19-38)35(3,4)5/h6-17,22-23,31H,1-2,18-21,24H2,3-5H3,(H,36,37,41)/b9-8-,25-10+. The third kappa shape index (κ3) is 6.71. The molecular formula is C35H39N5O2S. The molecule has 222 valence electrons. The highest BCUT2D eigenvalue weighted by Crippen LogP contribution is 2.33. The zero-order valence-electron chi connectivity index (χ0n) is 25.1. The van der Waals surface area contributed by atoms with Crippen molar-refractivity contribution >= 4 is 34.0 Å². The van der Waals surface area contributed by atoms with E-state index in [1.165, 1.54) is 17.0 Å². The summed E-state index contributed by atoms with van der Waals surface area (Å²) >= 11 is 1.33. The van der Waals surface area contributed by atoms with Gasteiger partial charge in [0.1, 0.15) is 6.04 Å². The van der Waals surface area contributed by atoms with Crippen LogP contribution in [0.3, 0.4) is 0 Å². The van der Waals surface area contributed by atoms with E-state index in [4.69, 9.17) is 0 Å². The number of fused-ring (bicyclic) bond motifs is 1. The van der Waals surface area contributed by atoms with Gasteiger partial charge in [-0.25, -0.2) is 4.98 Å². The average Bonchev–Trinajstić information content (AvgIpc) is 3.63. The van der Waals surface area contributed by atoms with Crippen LogP contribution in [0, 0.1) is 0 Å². The molecule has 1 unspecified atom stereocenters. The third-order valence-electron chi connectivity index (χ3n) is 8.05. The Bertz CT molecular complexity index is 1540. The number of amides is 2. The van der Waals surface area contributed by atoms with E-state index in [0.717, 1.165) is 42.9 Å². The molecule has 1 saturated heterocycles. The summed E-state index contributed by atoms with van der Waals surface area (Å²) in [4.78, 5) is 38.2. The molecule has 1 aromatic heterocycles. The second-order valence-electron chi connectivity index (χ2n) is 11.7. The zero-order chi connectivity index (χ0) is 30.6. The minimum atomic E-state index is -0.878. The van der Waals surface area contributed by atoms with Crippen molar-refractivity contribution in [3.8, 4) is 11.1 Å². The largest absolute Gasteiger partial charge is 0.369 e. The molecular weight excluding hydrogens is 554 g/mol. The fourth-order valence-electron chi connectivity index (χ4n) is 5.66. The molecule has 8 heteroatoms. The van der Waals surface area contributed by atoms with Gasteiger partial charge in [0.2, 0.25) is 0 Å². The summed E-state index contributed by atoms with van der Waals surface area (Å²) in [6.45, 7) is 18.9. The molecule has 2 amide bonds. The van der Waals surface area contributed by atoms with Gasteiger partial charge in [-0.1, -0.05) is 67.8 Å². The van der Waals surface area contributed by atoms with E-state index in [-0.39, 0.29) is 17.4 Å². The summed E-state index contributed by atoms with van der Waals surface area (Å²) in [6.07, 6.45) is 10.2. The maximum atomic E-state index is 13.9. The van der Waals surface area contributed by atoms with Crippen LogP contribution >= 0.6 is 11.3 Å². The summed E-state index contributed by atoms with van der Waals surface area (Å²) in [5.41, 5.74) is 5.52. The van der Waals surface area contributed by atoms with Gasteiger partial charge in [-0.15, -0.1) is 11.3 Å². The number of carbonyl (C=O) groups excluding carboxylic acids is 2. The Balaban J connectivity index is 1.36. The van der Waals surface area contributed by atoms with E-state index in [0.29, 0.717) is 22.8 Å². The Morgan fingerprint density at radius 2 is 1.74 bits per heavy atom. The lowest BCUT2D eigenvalue weighted by molar-refractivity contribution is -0.119. The summed E-state index contributed by atoms with van der Waals surface area (Å²) in [5.74, 6) is -0.529. The van der Waals surface area contributed by atoms with Gasteiger partial charge >= 0.3 is 0 Å². The maximum absolute atomic E-state index is 13.9. The molecule has 2 aromatic carbocycles. The number of aromatic nitrogens is 1. The smallest absolute Gasteiger partial charge is 0.255 e. The van der Waals surface area contributed by atoms with Crippen molar-refractivity contribution in [1.29, 1.82) is 0 Å². The number of nitrogens with zero attached hydrogens (tertiary/aromatic N) is 4. The lowest BCUT2D eigenvalue weighted by Gasteiger charge is -2.43. The Hall–Kier alpha value is -4.27. The van der Waals surface area contributed by atoms with Crippen molar-refractivity contribution in [3.63, 3.8) is 0 Å². The number of allylic oxidation sites excluding steroid dienone is 4. The molecule has 0 bridgehead atoms. The molecule has 0 saturated carbocycles. The molecule has 0 radical (unpaired) electrons. The van der Waals surface area contributed by atoms with Crippen LogP contribution in [0.5, 0.6) is 0 Å². The Labute approximate surface area is 258 Å². The highest BCUT2D eigenvalue weighted by atomic mass is 32.1. The van der Waals surface area contributed by atoms with Gasteiger partial charge in [-0.3, -0.25) is 19.8 Å². The van der Waals surface area contributed by atoms with Crippen molar-refractivity contribution in [2.75, 3.05) is 36.4 Å². The molecule has 2 aliphatic rings. The predicted molar refractivity (Wildman–Crippen MR) is 177 cm³/mol. The number of hydrogen-bond acceptors (Lipinski definition) is 6. The number of rotatable bonds is 9. The molecule has 3 heterocycles. The second kappa shape index (κ2) is 12.9. The maximum Gasteiger partial charge on any atom is 0.255 e. The summed E-state index contributed by atoms with van der Waals surface area (Å²) < 4.78 is 0. The summed E-state index contributed by atoms with van der Waals surface area (Å²) in [7, 11) is 0. The molecule has 1 atom stereocenters. The fraction of sp³-hybridized carbons (Fsp3) is 0.286. The first kappa shape index (κ1) is 30.2. The monoisotopic (exact) mass is 593 g/mol. The van der Waals surface area contributed by atoms with Crippen LogP contribution in [0.4, 0.5) is 10.8 Å². The number of carbonyl (C=O) groups is 2. The Morgan fingerprint density at radius 1 is 1.02 bits per heavy atom. The van der Waals surface area contributed by atoms with Gasteiger partial charge in [-0.05, 0) is 61.2 Å². The quantitative estimate of drug-likeness (QED) is 0.285. The van der Waals surface area contributed by atoms with Gasteiger partial charge in [0.05, 0.1) is 0 Å². The number of piperazine rings is 1. The zero-order valence-corrected chi connectivity index (χ0v) is 25.9. The number of benzene rings is 2. The lowest BCUT2D eigenvalue weighted by Crippen LogP contribution is -2.53. The minimum Gasteiger partial charge on any atom is -0.369 e. The van der Waals surface area contributed by atoms with Crippen molar-refractivity contribution < 1.29 is 9.59 Å². The van der Waals surface area contributed by atoms with Crippen LogP contribution < -0.4 is 10.2 Å². The first-order valence-electron chi connectivity index (χ1n) is 14.6. The Morgan fingerprint density at radius 3 is 2.37 bits per heavy atom. The van der Waals surface area contributed by atoms with E-state index >= 15 is 0 Å². The van der Waals surface area contributed by atoms with Gasteiger partial charge in [-0.2, -0.15) is 0 Å². The van der Waals surface area contributed by atoms with Crippen LogP contribution in [0.1, 0.15) is 36.7 Å². The molecule has 3 aromatic rings. The SMILES string of the molecule is C=C/C=C\C=C(/C=C)C(C(=O)Nc1nccs1)N1Cc2ccc(-c3ccc(N4CCN(C(C)(C)C)CC4)cc3)cc2C1=O. The van der Waals surface area contributed by atoms with Crippen LogP contribution in [0.15, 0.2) is 103 Å². The first-order valence-corrected chi connectivity index (χ1v) is 15.4. The van der Waals surface area contributed by atoms with Crippen molar-refractivity contribution in [3.05, 3.63) is 114 Å². The van der Waals surface area contributed by atoms with E-state index in [9.17, 15) is 9.59 Å². The van der Waals surface area contributed by atoms with Gasteiger partial charge < -0.3 is 9.80 Å². The minimum absolute atomic E-state index is 0.188.